The van der Waals surface area contributed by atoms with Crippen LogP contribution in [0.4, 0.5) is 11.5 Å². The molecule has 1 amide bonds. The number of H-pyrrole nitrogens is 2. The summed E-state index contributed by atoms with van der Waals surface area (Å²) < 4.78 is 1.30. The van der Waals surface area contributed by atoms with E-state index < -0.39 is 11.2 Å². The van der Waals surface area contributed by atoms with Crippen LogP contribution in [0.25, 0.3) is 0 Å². The van der Waals surface area contributed by atoms with Crippen molar-refractivity contribution >= 4 is 29.2 Å². The highest BCUT2D eigenvalue weighted by molar-refractivity contribution is 7.99. The number of carbonyl (C=O) groups excluding carboxylic acids is 1. The number of nitrogens with zero attached hydrogens (tertiary/aromatic N) is 4. The van der Waals surface area contributed by atoms with Gasteiger partial charge in [-0.2, -0.15) is 0 Å². The first-order valence-electron chi connectivity index (χ1n) is 9.89. The Labute approximate surface area is 182 Å². The van der Waals surface area contributed by atoms with Crippen LogP contribution in [0, 0.1) is 6.92 Å². The van der Waals surface area contributed by atoms with Gasteiger partial charge in [0.2, 0.25) is 11.1 Å². The van der Waals surface area contributed by atoms with Gasteiger partial charge in [0.05, 0.1) is 12.3 Å². The molecule has 3 aromatic rings. The molecule has 0 spiro atoms. The maximum Gasteiger partial charge on any atom is 0.330 e. The molecule has 2 aromatic heterocycles. The van der Waals surface area contributed by atoms with Crippen LogP contribution in [0.15, 0.2) is 45.1 Å². The van der Waals surface area contributed by atoms with Crippen LogP contribution in [0.1, 0.15) is 31.2 Å². The van der Waals surface area contributed by atoms with E-state index in [9.17, 15) is 14.4 Å². The number of carbonyl (C=O) groups is 1. The highest BCUT2D eigenvalue weighted by Crippen LogP contribution is 2.22. The van der Waals surface area contributed by atoms with Crippen molar-refractivity contribution in [1.29, 1.82) is 0 Å². The molecular weight excluding hydrogens is 418 g/mol. The number of aromatic nitrogens is 5. The molecule has 31 heavy (non-hydrogen) atoms. The number of nitrogen functional groups attached to an aromatic ring is 1. The van der Waals surface area contributed by atoms with Crippen molar-refractivity contribution in [3.8, 4) is 0 Å². The van der Waals surface area contributed by atoms with Crippen molar-refractivity contribution in [2.24, 2.45) is 0 Å². The molecule has 164 valence electrons. The quantitative estimate of drug-likeness (QED) is 0.427. The molecule has 2 heterocycles. The lowest BCUT2D eigenvalue weighted by molar-refractivity contribution is -0.116. The van der Waals surface area contributed by atoms with Gasteiger partial charge in [0.25, 0.3) is 5.56 Å². The Bertz CT molecular complexity index is 1150. The van der Waals surface area contributed by atoms with Gasteiger partial charge in [0.15, 0.2) is 5.69 Å². The second-order valence-electron chi connectivity index (χ2n) is 6.96. The van der Waals surface area contributed by atoms with Crippen LogP contribution >= 0.6 is 11.8 Å². The van der Waals surface area contributed by atoms with E-state index in [1.54, 1.807) is 6.92 Å². The predicted octanol–water partition coefficient (Wildman–Crippen LogP) is 1.67. The van der Waals surface area contributed by atoms with E-state index >= 15 is 0 Å². The monoisotopic (exact) mass is 443 g/mol. The molecule has 3 rings (SSSR count). The molecule has 11 heteroatoms. The highest BCUT2D eigenvalue weighted by atomic mass is 32.2. The zero-order valence-electron chi connectivity index (χ0n) is 17.4. The number of aromatic amines is 2. The Morgan fingerprint density at radius 3 is 2.65 bits per heavy atom. The first-order chi connectivity index (χ1) is 14.9. The van der Waals surface area contributed by atoms with Crippen LogP contribution < -0.4 is 21.9 Å². The minimum absolute atomic E-state index is 0.00288. The second-order valence-corrected chi connectivity index (χ2v) is 7.90. The summed E-state index contributed by atoms with van der Waals surface area (Å²) in [6, 6.07) is 9.26. The number of hydrogen-bond donors (Lipinski definition) is 3. The fourth-order valence-electron chi connectivity index (χ4n) is 3.03. The third-order valence-electron chi connectivity index (χ3n) is 4.61. The Morgan fingerprint density at radius 1 is 1.26 bits per heavy atom. The Morgan fingerprint density at radius 2 is 2.00 bits per heavy atom. The zero-order valence-corrected chi connectivity index (χ0v) is 18.2. The van der Waals surface area contributed by atoms with Crippen LogP contribution in [-0.4, -0.2) is 36.4 Å². The second kappa shape index (κ2) is 10.1. The maximum absolute atomic E-state index is 13.2. The van der Waals surface area contributed by atoms with Crippen molar-refractivity contribution in [3.63, 3.8) is 0 Å². The molecule has 1 aromatic carbocycles. The van der Waals surface area contributed by atoms with E-state index in [0.717, 1.165) is 23.7 Å². The van der Waals surface area contributed by atoms with Crippen molar-refractivity contribution in [1.82, 2.24) is 24.7 Å². The summed E-state index contributed by atoms with van der Waals surface area (Å²) in [6.07, 6.45) is 1.56. The van der Waals surface area contributed by atoms with Crippen LogP contribution in [0.2, 0.25) is 0 Å². The molecule has 0 aliphatic rings. The molecule has 0 saturated carbocycles. The van der Waals surface area contributed by atoms with Crippen molar-refractivity contribution < 1.29 is 4.79 Å². The minimum Gasteiger partial charge on any atom is -0.383 e. The summed E-state index contributed by atoms with van der Waals surface area (Å²) in [7, 11) is 0. The molecule has 0 aliphatic carbocycles. The van der Waals surface area contributed by atoms with Crippen molar-refractivity contribution in [2.75, 3.05) is 16.4 Å². The summed E-state index contributed by atoms with van der Waals surface area (Å²) in [5, 5.41) is 7.17. The fraction of sp³-hybridized carbons (Fsp3) is 0.350. The summed E-state index contributed by atoms with van der Waals surface area (Å²) in [4.78, 5) is 46.0. The Balaban J connectivity index is 1.98. The smallest absolute Gasteiger partial charge is 0.330 e. The number of amides is 1. The van der Waals surface area contributed by atoms with Crippen LogP contribution in [0.5, 0.6) is 0 Å². The van der Waals surface area contributed by atoms with E-state index in [1.165, 1.54) is 9.47 Å². The average Bonchev–Trinajstić information content (AvgIpc) is 3.17. The Hall–Kier alpha value is -3.34. The lowest BCUT2D eigenvalue weighted by Crippen LogP contribution is -2.41. The first kappa shape index (κ1) is 22.3. The highest BCUT2D eigenvalue weighted by Gasteiger charge is 2.25. The largest absolute Gasteiger partial charge is 0.383 e. The van der Waals surface area contributed by atoms with Gasteiger partial charge < -0.3 is 5.73 Å². The summed E-state index contributed by atoms with van der Waals surface area (Å²) in [6.45, 7) is 4.23. The van der Waals surface area contributed by atoms with E-state index in [-0.39, 0.29) is 29.7 Å². The number of benzene rings is 1. The lowest BCUT2D eigenvalue weighted by Gasteiger charge is -2.24. The van der Waals surface area contributed by atoms with E-state index in [2.05, 4.69) is 20.2 Å². The standard InChI is InChI=1S/C20H25N7O3S/c1-3-4-10-26-17(21)16(18(29)23-20(26)30)27(11-14-8-6-5-7-9-14)15(28)12-31-19-22-13(2)24-25-19/h5-9H,3-4,10-12,21H2,1-2H3,(H,22,24,25)(H,23,29,30). The van der Waals surface area contributed by atoms with E-state index in [1.807, 2.05) is 37.3 Å². The first-order valence-corrected chi connectivity index (χ1v) is 10.9. The number of rotatable bonds is 9. The van der Waals surface area contributed by atoms with Gasteiger partial charge >= 0.3 is 5.69 Å². The molecular formula is C20H25N7O3S. The van der Waals surface area contributed by atoms with E-state index in [0.29, 0.717) is 23.9 Å². The molecule has 0 fully saturated rings. The van der Waals surface area contributed by atoms with Gasteiger partial charge in [-0.25, -0.2) is 9.78 Å². The summed E-state index contributed by atoms with van der Waals surface area (Å²) in [5.74, 6) is 0.260. The van der Waals surface area contributed by atoms with Gasteiger partial charge in [-0.15, -0.1) is 5.10 Å². The van der Waals surface area contributed by atoms with Crippen molar-refractivity contribution in [3.05, 3.63) is 62.6 Å². The number of nitrogens with two attached hydrogens (primary N) is 1. The zero-order chi connectivity index (χ0) is 22.4. The molecule has 0 aliphatic heterocycles. The maximum atomic E-state index is 13.2. The molecule has 0 saturated heterocycles. The number of unbranched alkanes of at least 4 members (excludes halogenated alkanes) is 1. The number of aryl methyl sites for hydroxylation is 1. The minimum atomic E-state index is -0.696. The lowest BCUT2D eigenvalue weighted by atomic mass is 10.2. The summed E-state index contributed by atoms with van der Waals surface area (Å²) in [5.41, 5.74) is 5.75. The number of thioether (sulfide) groups is 1. The topological polar surface area (TPSA) is 143 Å². The average molecular weight is 444 g/mol. The third kappa shape index (κ3) is 5.43. The van der Waals surface area contributed by atoms with Crippen LogP contribution in [-0.2, 0) is 17.9 Å². The fourth-order valence-corrected chi connectivity index (χ4v) is 3.75. The van der Waals surface area contributed by atoms with Crippen molar-refractivity contribution in [2.45, 2.75) is 44.9 Å². The van der Waals surface area contributed by atoms with Gasteiger partial charge in [-0.3, -0.25) is 29.1 Å². The van der Waals surface area contributed by atoms with E-state index in [4.69, 9.17) is 5.73 Å². The third-order valence-corrected chi connectivity index (χ3v) is 5.44. The number of nitrogens with one attached hydrogen (secondary N) is 2. The molecule has 0 unspecified atom stereocenters. The number of anilines is 2. The van der Waals surface area contributed by atoms with Gasteiger partial charge in [0.1, 0.15) is 11.6 Å². The normalized spacial score (nSPS) is 10.9. The molecule has 0 radical (unpaired) electrons. The number of hydrogen-bond acceptors (Lipinski definition) is 7. The van der Waals surface area contributed by atoms with Gasteiger partial charge in [0, 0.05) is 6.54 Å². The summed E-state index contributed by atoms with van der Waals surface area (Å²) >= 11 is 1.15. The Kier molecular flexibility index (Phi) is 7.29. The van der Waals surface area contributed by atoms with Gasteiger partial charge in [-0.1, -0.05) is 55.4 Å². The van der Waals surface area contributed by atoms with Crippen LogP contribution in [0.3, 0.4) is 0 Å². The molecule has 0 bridgehead atoms. The molecule has 4 N–H and O–H groups in total. The molecule has 0 atom stereocenters. The SMILES string of the molecule is CCCCn1c(N)c(N(Cc2ccccc2)C(=O)CSc2n[nH]c(C)n2)c(=O)[nH]c1=O. The van der Waals surface area contributed by atoms with Gasteiger partial charge in [-0.05, 0) is 18.9 Å². The predicted molar refractivity (Wildman–Crippen MR) is 120 cm³/mol. The molecule has 10 nitrogen and oxygen atoms in total.